The van der Waals surface area contributed by atoms with E-state index in [1.54, 1.807) is 0 Å². The van der Waals surface area contributed by atoms with Crippen LogP contribution in [0.1, 0.15) is 20.8 Å². The highest BCUT2D eigenvalue weighted by Crippen LogP contribution is 2.39. The summed E-state index contributed by atoms with van der Waals surface area (Å²) in [4.78, 5) is 15.7. The summed E-state index contributed by atoms with van der Waals surface area (Å²) in [6.07, 6.45) is 0. The van der Waals surface area contributed by atoms with Crippen molar-refractivity contribution < 1.29 is 4.79 Å². The van der Waals surface area contributed by atoms with Crippen LogP contribution in [-0.4, -0.2) is 5.91 Å². The molecule has 3 heteroatoms. The van der Waals surface area contributed by atoms with E-state index in [1.165, 1.54) is 22.5 Å². The molecule has 0 N–H and O–H groups in total. The Labute approximate surface area is 133 Å². The lowest BCUT2D eigenvalue weighted by atomic mass is 9.93. The standard InChI is InChI=1S/C19H15NOS/c1-13-10-11-22-18(13)19(21)20-12-14-6-2-3-7-15(14)16-8-4-5-9-17(16)20/h2-11H,12H2,1H3. The molecular weight excluding hydrogens is 290 g/mol. The molecule has 3 aromatic rings. The molecular formula is C19H15NOS. The van der Waals surface area contributed by atoms with Crippen molar-refractivity contribution in [2.75, 3.05) is 4.90 Å². The molecule has 0 unspecified atom stereocenters. The maximum atomic E-state index is 13.0. The summed E-state index contributed by atoms with van der Waals surface area (Å²) in [6, 6.07) is 18.5. The highest BCUT2D eigenvalue weighted by molar-refractivity contribution is 7.12. The predicted molar refractivity (Wildman–Crippen MR) is 91.4 cm³/mol. The Morgan fingerprint density at radius 3 is 2.50 bits per heavy atom. The lowest BCUT2D eigenvalue weighted by Gasteiger charge is -2.31. The van der Waals surface area contributed by atoms with Crippen LogP contribution in [0.3, 0.4) is 0 Å². The van der Waals surface area contributed by atoms with Gasteiger partial charge in [0.05, 0.1) is 17.1 Å². The van der Waals surface area contributed by atoms with Crippen molar-refractivity contribution in [3.05, 3.63) is 76.0 Å². The zero-order valence-corrected chi connectivity index (χ0v) is 13.1. The SMILES string of the molecule is Cc1ccsc1C(=O)N1Cc2ccccc2-c2ccccc21. The minimum Gasteiger partial charge on any atom is -0.303 e. The molecule has 0 radical (unpaired) electrons. The molecule has 0 fully saturated rings. The number of hydrogen-bond donors (Lipinski definition) is 0. The summed E-state index contributed by atoms with van der Waals surface area (Å²) in [5.74, 6) is 0.0921. The number of anilines is 1. The summed E-state index contributed by atoms with van der Waals surface area (Å²) in [5.41, 5.74) is 5.60. The zero-order valence-electron chi connectivity index (χ0n) is 12.2. The van der Waals surface area contributed by atoms with Gasteiger partial charge >= 0.3 is 0 Å². The first-order valence-electron chi connectivity index (χ1n) is 7.29. The number of rotatable bonds is 1. The highest BCUT2D eigenvalue weighted by Gasteiger charge is 2.27. The molecule has 1 aromatic heterocycles. The topological polar surface area (TPSA) is 20.3 Å². The second-order valence-electron chi connectivity index (χ2n) is 5.50. The molecule has 0 atom stereocenters. The summed E-state index contributed by atoms with van der Waals surface area (Å²) >= 11 is 1.52. The Balaban J connectivity index is 1.86. The third-order valence-corrected chi connectivity index (χ3v) is 5.14. The third kappa shape index (κ3) is 1.97. The number of carbonyl (C=O) groups excluding carboxylic acids is 1. The third-order valence-electron chi connectivity index (χ3n) is 4.13. The molecule has 0 aliphatic carbocycles. The molecule has 1 amide bonds. The molecule has 108 valence electrons. The van der Waals surface area contributed by atoms with Crippen molar-refractivity contribution in [2.45, 2.75) is 13.5 Å². The van der Waals surface area contributed by atoms with Crippen LogP contribution >= 0.6 is 11.3 Å². The van der Waals surface area contributed by atoms with Gasteiger partial charge in [0.25, 0.3) is 5.91 Å². The summed E-state index contributed by atoms with van der Waals surface area (Å²) in [7, 11) is 0. The van der Waals surface area contributed by atoms with Crippen molar-refractivity contribution in [3.63, 3.8) is 0 Å². The first-order chi connectivity index (χ1) is 10.8. The van der Waals surface area contributed by atoms with Gasteiger partial charge in [-0.15, -0.1) is 11.3 Å². The first kappa shape index (κ1) is 13.3. The average Bonchev–Trinajstić information content (AvgIpc) is 2.99. The maximum Gasteiger partial charge on any atom is 0.268 e. The van der Waals surface area contributed by atoms with E-state index < -0.39 is 0 Å². The average molecular weight is 305 g/mol. The van der Waals surface area contributed by atoms with E-state index in [-0.39, 0.29) is 5.91 Å². The molecule has 1 aliphatic rings. The van der Waals surface area contributed by atoms with Crippen molar-refractivity contribution in [1.82, 2.24) is 0 Å². The van der Waals surface area contributed by atoms with Crippen molar-refractivity contribution in [2.24, 2.45) is 0 Å². The van der Waals surface area contributed by atoms with Crippen LogP contribution in [0.15, 0.2) is 60.0 Å². The van der Waals surface area contributed by atoms with Crippen molar-refractivity contribution in [3.8, 4) is 11.1 Å². The Morgan fingerprint density at radius 1 is 1.00 bits per heavy atom. The van der Waals surface area contributed by atoms with Gasteiger partial charge in [-0.25, -0.2) is 0 Å². The summed E-state index contributed by atoms with van der Waals surface area (Å²) in [5, 5.41) is 1.98. The zero-order chi connectivity index (χ0) is 15.1. The molecule has 0 saturated carbocycles. The van der Waals surface area contributed by atoms with Crippen LogP contribution in [0.2, 0.25) is 0 Å². The fourth-order valence-corrected chi connectivity index (χ4v) is 3.88. The maximum absolute atomic E-state index is 13.0. The molecule has 2 heterocycles. The van der Waals surface area contributed by atoms with Crippen LogP contribution < -0.4 is 4.90 Å². The highest BCUT2D eigenvalue weighted by atomic mass is 32.1. The Hall–Kier alpha value is -2.39. The van der Waals surface area contributed by atoms with Crippen LogP contribution in [0, 0.1) is 6.92 Å². The van der Waals surface area contributed by atoms with Gasteiger partial charge < -0.3 is 4.90 Å². The molecule has 2 nitrogen and oxygen atoms in total. The van der Waals surface area contributed by atoms with Gasteiger partial charge in [-0.2, -0.15) is 0 Å². The molecule has 0 spiro atoms. The number of aryl methyl sites for hydroxylation is 1. The minimum absolute atomic E-state index is 0.0921. The van der Waals surface area contributed by atoms with E-state index in [1.807, 2.05) is 47.5 Å². The van der Waals surface area contributed by atoms with E-state index in [4.69, 9.17) is 0 Å². The van der Waals surface area contributed by atoms with Crippen molar-refractivity contribution in [1.29, 1.82) is 0 Å². The smallest absolute Gasteiger partial charge is 0.268 e. The van der Waals surface area contributed by atoms with Crippen LogP contribution in [0.25, 0.3) is 11.1 Å². The number of fused-ring (bicyclic) bond motifs is 3. The lowest BCUT2D eigenvalue weighted by Crippen LogP contribution is -2.32. The van der Waals surface area contributed by atoms with Gasteiger partial charge in [0.15, 0.2) is 0 Å². The van der Waals surface area contributed by atoms with Gasteiger partial charge in [0.1, 0.15) is 0 Å². The first-order valence-corrected chi connectivity index (χ1v) is 8.17. The van der Waals surface area contributed by atoms with Gasteiger partial charge in [0.2, 0.25) is 0 Å². The number of amides is 1. The molecule has 1 aliphatic heterocycles. The van der Waals surface area contributed by atoms with Gasteiger partial charge in [0, 0.05) is 5.56 Å². The van der Waals surface area contributed by atoms with Gasteiger partial charge in [-0.05, 0) is 41.1 Å². The molecule has 2 aromatic carbocycles. The monoisotopic (exact) mass is 305 g/mol. The number of nitrogens with zero attached hydrogens (tertiary/aromatic N) is 1. The van der Waals surface area contributed by atoms with E-state index in [2.05, 4.69) is 24.3 Å². The fourth-order valence-electron chi connectivity index (χ4n) is 3.01. The van der Waals surface area contributed by atoms with E-state index >= 15 is 0 Å². The quantitative estimate of drug-likeness (QED) is 0.627. The molecule has 4 rings (SSSR count). The number of carbonyl (C=O) groups is 1. The molecule has 0 saturated heterocycles. The van der Waals surface area contributed by atoms with Gasteiger partial charge in [-0.1, -0.05) is 42.5 Å². The largest absolute Gasteiger partial charge is 0.303 e. The Kier molecular flexibility index (Phi) is 3.09. The Bertz CT molecular complexity index is 865. The summed E-state index contributed by atoms with van der Waals surface area (Å²) < 4.78 is 0. The predicted octanol–water partition coefficient (Wildman–Crippen LogP) is 4.88. The second kappa shape index (κ2) is 5.11. The van der Waals surface area contributed by atoms with Gasteiger partial charge in [-0.3, -0.25) is 4.79 Å². The number of thiophene rings is 1. The minimum atomic E-state index is 0.0921. The fraction of sp³-hybridized carbons (Fsp3) is 0.105. The van der Waals surface area contributed by atoms with E-state index in [0.29, 0.717) is 6.54 Å². The lowest BCUT2D eigenvalue weighted by molar-refractivity contribution is 0.0988. The Morgan fingerprint density at radius 2 is 1.73 bits per heavy atom. The van der Waals surface area contributed by atoms with Crippen LogP contribution in [0.4, 0.5) is 5.69 Å². The normalized spacial score (nSPS) is 12.7. The second-order valence-corrected chi connectivity index (χ2v) is 6.41. The number of para-hydroxylation sites is 1. The molecule has 0 bridgehead atoms. The summed E-state index contributed by atoms with van der Waals surface area (Å²) in [6.45, 7) is 2.62. The number of hydrogen-bond acceptors (Lipinski definition) is 2. The van der Waals surface area contributed by atoms with Crippen molar-refractivity contribution >= 4 is 22.9 Å². The van der Waals surface area contributed by atoms with E-state index in [9.17, 15) is 4.79 Å². The molecule has 22 heavy (non-hydrogen) atoms. The number of benzene rings is 2. The van der Waals surface area contributed by atoms with E-state index in [0.717, 1.165) is 21.7 Å². The van der Waals surface area contributed by atoms with Crippen LogP contribution in [0.5, 0.6) is 0 Å². The van der Waals surface area contributed by atoms with Crippen LogP contribution in [-0.2, 0) is 6.54 Å².